The molecule has 0 aliphatic carbocycles. The Bertz CT molecular complexity index is 1690. The molecular formula is C23H21N5O6S. The van der Waals surface area contributed by atoms with Crippen LogP contribution >= 0.6 is 0 Å². The molecule has 4 aromatic rings. The third-order valence-corrected chi connectivity index (χ3v) is 6.65. The van der Waals surface area contributed by atoms with Crippen molar-refractivity contribution < 1.29 is 17.9 Å². The predicted octanol–water partition coefficient (Wildman–Crippen LogP) is 1.69. The van der Waals surface area contributed by atoms with Gasteiger partial charge in [-0.1, -0.05) is 18.2 Å². The Morgan fingerprint density at radius 2 is 1.71 bits per heavy atom. The van der Waals surface area contributed by atoms with E-state index in [1.807, 2.05) is 0 Å². The first-order valence-corrected chi connectivity index (χ1v) is 11.7. The molecule has 2 aromatic heterocycles. The van der Waals surface area contributed by atoms with E-state index in [1.165, 1.54) is 62.2 Å². The number of fused-ring (bicyclic) bond motifs is 1. The van der Waals surface area contributed by atoms with Crippen molar-refractivity contribution in [1.82, 2.24) is 14.1 Å². The summed E-state index contributed by atoms with van der Waals surface area (Å²) < 4.78 is 35.6. The lowest BCUT2D eigenvalue weighted by Gasteiger charge is -2.13. The topological polar surface area (TPSA) is 141 Å². The number of nitrogens with zero attached hydrogens (tertiary/aromatic N) is 3. The summed E-state index contributed by atoms with van der Waals surface area (Å²) in [5.41, 5.74) is -0.625. The van der Waals surface area contributed by atoms with Crippen LogP contribution in [0.25, 0.3) is 11.0 Å². The molecule has 1 amide bonds. The van der Waals surface area contributed by atoms with Crippen molar-refractivity contribution in [2.45, 2.75) is 4.90 Å². The molecule has 12 heteroatoms. The van der Waals surface area contributed by atoms with Gasteiger partial charge >= 0.3 is 5.69 Å². The van der Waals surface area contributed by atoms with Gasteiger partial charge in [0, 0.05) is 19.8 Å². The maximum absolute atomic E-state index is 12.9. The molecule has 11 nitrogen and oxygen atoms in total. The van der Waals surface area contributed by atoms with Crippen LogP contribution in [0, 0.1) is 0 Å². The quantitative estimate of drug-likeness (QED) is 0.415. The predicted molar refractivity (Wildman–Crippen MR) is 130 cm³/mol. The summed E-state index contributed by atoms with van der Waals surface area (Å²) in [5.74, 6) is -0.292. The van der Waals surface area contributed by atoms with Crippen molar-refractivity contribution in [2.24, 2.45) is 14.1 Å². The maximum atomic E-state index is 12.9. The van der Waals surface area contributed by atoms with Crippen molar-refractivity contribution in [1.29, 1.82) is 0 Å². The number of hydrogen-bond acceptors (Lipinski definition) is 7. The minimum Gasteiger partial charge on any atom is -0.495 e. The minimum atomic E-state index is -3.99. The molecule has 35 heavy (non-hydrogen) atoms. The number of benzene rings is 2. The summed E-state index contributed by atoms with van der Waals surface area (Å²) in [6.07, 6.45) is 0. The number of amides is 1. The number of anilines is 2. The zero-order valence-electron chi connectivity index (χ0n) is 19.0. The standard InChI is InChI=1S/C23H21N5O6S/c1-27-20-16(22(30)28(2)23(27)31)11-12-18(25-20)21(29)24-14-7-6-8-15(13-14)35(32,33)26-17-9-4-5-10-19(17)34-3/h4-13,26H,1-3H3,(H,24,29). The van der Waals surface area contributed by atoms with Gasteiger partial charge in [-0.3, -0.25) is 23.4 Å². The summed E-state index contributed by atoms with van der Waals surface area (Å²) in [6, 6.07) is 15.0. The van der Waals surface area contributed by atoms with Gasteiger partial charge in [-0.25, -0.2) is 18.2 Å². The van der Waals surface area contributed by atoms with Crippen LogP contribution in [-0.4, -0.2) is 35.6 Å². The lowest BCUT2D eigenvalue weighted by Crippen LogP contribution is -2.37. The Labute approximate surface area is 199 Å². The maximum Gasteiger partial charge on any atom is 0.332 e. The number of aryl methyl sites for hydroxylation is 1. The van der Waals surface area contributed by atoms with Crippen LogP contribution in [0.15, 0.2) is 75.1 Å². The summed E-state index contributed by atoms with van der Waals surface area (Å²) in [5, 5.41) is 2.77. The molecule has 0 fully saturated rings. The molecule has 0 atom stereocenters. The Morgan fingerprint density at radius 3 is 2.46 bits per heavy atom. The van der Waals surface area contributed by atoms with E-state index >= 15 is 0 Å². The highest BCUT2D eigenvalue weighted by Crippen LogP contribution is 2.27. The number of pyridine rings is 1. The lowest BCUT2D eigenvalue weighted by atomic mass is 10.2. The van der Waals surface area contributed by atoms with Crippen LogP contribution in [0.1, 0.15) is 10.5 Å². The normalized spacial score (nSPS) is 11.3. The van der Waals surface area contributed by atoms with E-state index in [4.69, 9.17) is 4.74 Å². The number of nitrogens with one attached hydrogen (secondary N) is 2. The Kier molecular flexibility index (Phi) is 6.14. The van der Waals surface area contributed by atoms with Gasteiger partial charge in [0.2, 0.25) is 0 Å². The molecular weight excluding hydrogens is 474 g/mol. The monoisotopic (exact) mass is 495 g/mol. The second-order valence-corrected chi connectivity index (χ2v) is 9.24. The van der Waals surface area contributed by atoms with Gasteiger partial charge in [0.05, 0.1) is 23.1 Å². The van der Waals surface area contributed by atoms with E-state index in [0.29, 0.717) is 5.75 Å². The van der Waals surface area contributed by atoms with Crippen molar-refractivity contribution >= 4 is 38.3 Å². The fourth-order valence-corrected chi connectivity index (χ4v) is 4.57. The molecule has 0 bridgehead atoms. The van der Waals surface area contributed by atoms with Crippen LogP contribution in [0.3, 0.4) is 0 Å². The van der Waals surface area contributed by atoms with Crippen LogP contribution in [0.5, 0.6) is 5.75 Å². The molecule has 2 N–H and O–H groups in total. The van der Waals surface area contributed by atoms with E-state index in [2.05, 4.69) is 15.0 Å². The summed E-state index contributed by atoms with van der Waals surface area (Å²) >= 11 is 0. The van der Waals surface area contributed by atoms with Gasteiger partial charge in [-0.15, -0.1) is 0 Å². The van der Waals surface area contributed by atoms with Crippen molar-refractivity contribution in [3.05, 3.63) is 87.2 Å². The van der Waals surface area contributed by atoms with Crippen LogP contribution in [0.4, 0.5) is 11.4 Å². The smallest absolute Gasteiger partial charge is 0.332 e. The number of aromatic nitrogens is 3. The highest BCUT2D eigenvalue weighted by atomic mass is 32.2. The molecule has 0 aliphatic rings. The van der Waals surface area contributed by atoms with Crippen LogP contribution in [-0.2, 0) is 24.1 Å². The number of rotatable bonds is 6. The third-order valence-electron chi connectivity index (χ3n) is 5.29. The largest absolute Gasteiger partial charge is 0.495 e. The minimum absolute atomic E-state index is 0.0545. The Morgan fingerprint density at radius 1 is 0.971 bits per heavy atom. The third kappa shape index (κ3) is 4.51. The van der Waals surface area contributed by atoms with Gasteiger partial charge in [-0.2, -0.15) is 0 Å². The molecule has 0 saturated heterocycles. The van der Waals surface area contributed by atoms with E-state index < -0.39 is 27.2 Å². The Balaban J connectivity index is 1.62. The zero-order valence-corrected chi connectivity index (χ0v) is 19.8. The number of ether oxygens (including phenoxy) is 1. The lowest BCUT2D eigenvalue weighted by molar-refractivity contribution is 0.102. The van der Waals surface area contributed by atoms with Crippen LogP contribution < -0.4 is 26.0 Å². The molecule has 2 heterocycles. The summed E-state index contributed by atoms with van der Waals surface area (Å²) in [6.45, 7) is 0. The first-order chi connectivity index (χ1) is 16.6. The number of hydrogen-bond donors (Lipinski definition) is 2. The van der Waals surface area contributed by atoms with Crippen molar-refractivity contribution in [3.63, 3.8) is 0 Å². The molecule has 180 valence electrons. The number of methoxy groups -OCH3 is 1. The fraction of sp³-hybridized carbons (Fsp3) is 0.130. The van der Waals surface area contributed by atoms with E-state index in [0.717, 1.165) is 4.57 Å². The van der Waals surface area contributed by atoms with E-state index in [-0.39, 0.29) is 33.0 Å². The number of carbonyl (C=O) groups excluding carboxylic acids is 1. The first-order valence-electron chi connectivity index (χ1n) is 10.3. The van der Waals surface area contributed by atoms with Crippen molar-refractivity contribution in [3.8, 4) is 5.75 Å². The molecule has 0 aliphatic heterocycles. The van der Waals surface area contributed by atoms with Crippen molar-refractivity contribution in [2.75, 3.05) is 17.1 Å². The van der Waals surface area contributed by atoms with Gasteiger partial charge in [0.25, 0.3) is 21.5 Å². The highest BCUT2D eigenvalue weighted by Gasteiger charge is 2.18. The second kappa shape index (κ2) is 9.06. The molecule has 2 aromatic carbocycles. The SMILES string of the molecule is COc1ccccc1NS(=O)(=O)c1cccc(NC(=O)c2ccc3c(=O)n(C)c(=O)n(C)c3n2)c1. The van der Waals surface area contributed by atoms with E-state index in [1.54, 1.807) is 24.3 Å². The molecule has 4 rings (SSSR count). The van der Waals surface area contributed by atoms with Gasteiger partial charge < -0.3 is 10.1 Å². The van der Waals surface area contributed by atoms with Gasteiger partial charge in [0.15, 0.2) is 0 Å². The average Bonchev–Trinajstić information content (AvgIpc) is 2.86. The Hall–Kier alpha value is -4.45. The molecule has 0 unspecified atom stereocenters. The average molecular weight is 496 g/mol. The van der Waals surface area contributed by atoms with Gasteiger partial charge in [-0.05, 0) is 42.5 Å². The number of para-hydroxylation sites is 2. The second-order valence-electron chi connectivity index (χ2n) is 7.56. The summed E-state index contributed by atoms with van der Waals surface area (Å²) in [4.78, 5) is 41.4. The first kappa shape index (κ1) is 23.7. The fourth-order valence-electron chi connectivity index (χ4n) is 3.45. The molecule has 0 radical (unpaired) electrons. The number of carbonyl (C=O) groups is 1. The molecule has 0 spiro atoms. The zero-order chi connectivity index (χ0) is 25.3. The van der Waals surface area contributed by atoms with Crippen LogP contribution in [0.2, 0.25) is 0 Å². The summed E-state index contributed by atoms with van der Waals surface area (Å²) in [7, 11) is 0.243. The van der Waals surface area contributed by atoms with Gasteiger partial charge in [0.1, 0.15) is 17.1 Å². The highest BCUT2D eigenvalue weighted by molar-refractivity contribution is 7.92. The number of sulfonamides is 1. The molecule has 0 saturated carbocycles. The van der Waals surface area contributed by atoms with E-state index in [9.17, 15) is 22.8 Å².